The zero-order valence-corrected chi connectivity index (χ0v) is 15.9. The number of ether oxygens (including phenoxy) is 2. The molecule has 9 nitrogen and oxygen atoms in total. The Hall–Kier alpha value is -2.81. The van der Waals surface area contributed by atoms with Gasteiger partial charge in [0.1, 0.15) is 23.7 Å². The van der Waals surface area contributed by atoms with Gasteiger partial charge < -0.3 is 19.7 Å². The molecule has 0 spiro atoms. The van der Waals surface area contributed by atoms with Gasteiger partial charge in [0.15, 0.2) is 0 Å². The molecule has 1 atom stereocenters. The highest BCUT2D eigenvalue weighted by molar-refractivity contribution is 5.75. The van der Waals surface area contributed by atoms with Gasteiger partial charge in [0.05, 0.1) is 26.8 Å². The first-order valence-electron chi connectivity index (χ1n) is 8.94. The molecule has 1 aromatic heterocycles. The number of nitrogens with zero attached hydrogens (tertiary/aromatic N) is 4. The van der Waals surface area contributed by atoms with Gasteiger partial charge in [0.2, 0.25) is 0 Å². The predicted octanol–water partition coefficient (Wildman–Crippen LogP) is 1.41. The molecule has 0 aliphatic carbocycles. The Kier molecular flexibility index (Phi) is 6.12. The summed E-state index contributed by atoms with van der Waals surface area (Å²) in [5.41, 5.74) is 0.883. The number of carbonyl (C=O) groups excluding carboxylic acids is 1. The maximum Gasteiger partial charge on any atom is 0.317 e. The van der Waals surface area contributed by atoms with Crippen LogP contribution in [-0.4, -0.2) is 71.4 Å². The first-order valence-corrected chi connectivity index (χ1v) is 8.94. The third kappa shape index (κ3) is 4.68. The van der Waals surface area contributed by atoms with Crippen LogP contribution in [0, 0.1) is 0 Å². The smallest absolute Gasteiger partial charge is 0.317 e. The normalized spacial score (nSPS) is 16.0. The van der Waals surface area contributed by atoms with E-state index in [0.717, 1.165) is 36.0 Å². The molecule has 1 unspecified atom stereocenters. The van der Waals surface area contributed by atoms with Gasteiger partial charge in [-0.1, -0.05) is 0 Å². The van der Waals surface area contributed by atoms with Crippen LogP contribution in [0.15, 0.2) is 24.5 Å². The zero-order chi connectivity index (χ0) is 19.2. The van der Waals surface area contributed by atoms with E-state index in [0.29, 0.717) is 19.6 Å². The highest BCUT2D eigenvalue weighted by Gasteiger charge is 2.24. The zero-order valence-electron chi connectivity index (χ0n) is 15.9. The Bertz CT molecular complexity index is 744. The minimum absolute atomic E-state index is 0.0771. The highest BCUT2D eigenvalue weighted by atomic mass is 16.5. The Morgan fingerprint density at radius 1 is 1.26 bits per heavy atom. The van der Waals surface area contributed by atoms with Crippen LogP contribution in [0.1, 0.15) is 24.4 Å². The number of piperazine rings is 1. The fourth-order valence-electron chi connectivity index (χ4n) is 3.16. The Labute approximate surface area is 158 Å². The summed E-state index contributed by atoms with van der Waals surface area (Å²) in [6.45, 7) is 5.59. The minimum Gasteiger partial charge on any atom is -0.497 e. The maximum absolute atomic E-state index is 12.7. The molecule has 2 amide bonds. The molecule has 3 rings (SSSR count). The van der Waals surface area contributed by atoms with Gasteiger partial charge in [0, 0.05) is 31.7 Å². The minimum atomic E-state index is -0.199. The lowest BCUT2D eigenvalue weighted by molar-refractivity contribution is 0.132. The lowest BCUT2D eigenvalue weighted by atomic mass is 10.1. The van der Waals surface area contributed by atoms with Gasteiger partial charge in [-0.05, 0) is 25.1 Å². The monoisotopic (exact) mass is 374 g/mol. The Balaban J connectivity index is 1.55. The molecule has 0 saturated carbocycles. The van der Waals surface area contributed by atoms with Crippen LogP contribution >= 0.6 is 0 Å². The number of hydrogen-bond donors (Lipinski definition) is 2. The molecular weight excluding hydrogens is 348 g/mol. The van der Waals surface area contributed by atoms with E-state index in [1.807, 2.05) is 30.0 Å². The van der Waals surface area contributed by atoms with E-state index in [-0.39, 0.29) is 12.1 Å². The van der Waals surface area contributed by atoms with Gasteiger partial charge in [-0.3, -0.25) is 10.00 Å². The molecule has 2 N–H and O–H groups in total. The fraction of sp³-hybridized carbons (Fsp3) is 0.500. The topological polar surface area (TPSA) is 95.6 Å². The summed E-state index contributed by atoms with van der Waals surface area (Å²) in [6, 6.07) is 5.30. The lowest BCUT2D eigenvalue weighted by Gasteiger charge is -2.35. The van der Waals surface area contributed by atoms with Crippen molar-refractivity contribution in [3.05, 3.63) is 35.9 Å². The van der Waals surface area contributed by atoms with E-state index in [1.165, 1.54) is 6.33 Å². The molecule has 1 aliphatic rings. The molecule has 1 aromatic carbocycles. The van der Waals surface area contributed by atoms with Crippen LogP contribution in [0.5, 0.6) is 11.5 Å². The number of H-pyrrole nitrogens is 1. The average molecular weight is 374 g/mol. The van der Waals surface area contributed by atoms with Crippen LogP contribution in [-0.2, 0) is 6.54 Å². The van der Waals surface area contributed by atoms with Gasteiger partial charge in [-0.2, -0.15) is 5.10 Å². The van der Waals surface area contributed by atoms with Crippen LogP contribution in [0.3, 0.4) is 0 Å². The van der Waals surface area contributed by atoms with E-state index in [4.69, 9.17) is 9.47 Å². The number of urea groups is 1. The van der Waals surface area contributed by atoms with Gasteiger partial charge >= 0.3 is 6.03 Å². The number of hydrogen-bond acceptors (Lipinski definition) is 6. The maximum atomic E-state index is 12.7. The second-order valence-electron chi connectivity index (χ2n) is 6.47. The molecule has 9 heteroatoms. The summed E-state index contributed by atoms with van der Waals surface area (Å²) in [5.74, 6) is 2.29. The van der Waals surface area contributed by atoms with Crippen molar-refractivity contribution >= 4 is 6.03 Å². The molecule has 1 aliphatic heterocycles. The number of amides is 2. The molecule has 0 radical (unpaired) electrons. The molecular formula is C18H26N6O3. The van der Waals surface area contributed by atoms with Crippen LogP contribution in [0.4, 0.5) is 4.79 Å². The standard InChI is InChI=1S/C18H26N6O3/c1-13(15-10-14(26-2)4-5-16(15)27-3)21-18(25)24-8-6-23(7-9-24)11-17-19-12-20-22-17/h4-5,10,12-13H,6-9,11H2,1-3H3,(H,21,25)(H,19,20,22). The molecule has 2 heterocycles. The summed E-state index contributed by atoms with van der Waals surface area (Å²) in [4.78, 5) is 20.9. The van der Waals surface area contributed by atoms with Crippen LogP contribution in [0.2, 0.25) is 0 Å². The van der Waals surface area contributed by atoms with E-state index in [9.17, 15) is 4.79 Å². The van der Waals surface area contributed by atoms with E-state index in [1.54, 1.807) is 14.2 Å². The second kappa shape index (κ2) is 8.72. The highest BCUT2D eigenvalue weighted by Crippen LogP contribution is 2.29. The number of aromatic amines is 1. The quantitative estimate of drug-likeness (QED) is 0.794. The third-order valence-electron chi connectivity index (χ3n) is 4.74. The van der Waals surface area contributed by atoms with Crippen molar-refractivity contribution < 1.29 is 14.3 Å². The number of methoxy groups -OCH3 is 2. The fourth-order valence-corrected chi connectivity index (χ4v) is 3.16. The second-order valence-corrected chi connectivity index (χ2v) is 6.47. The van der Waals surface area contributed by atoms with Gasteiger partial charge in [0.25, 0.3) is 0 Å². The van der Waals surface area contributed by atoms with E-state index < -0.39 is 0 Å². The molecule has 1 saturated heterocycles. The molecule has 0 bridgehead atoms. The third-order valence-corrected chi connectivity index (χ3v) is 4.74. The number of aromatic nitrogens is 3. The van der Waals surface area contributed by atoms with Crippen molar-refractivity contribution in [1.29, 1.82) is 0 Å². The summed E-state index contributed by atoms with van der Waals surface area (Å²) in [5, 5.41) is 9.78. The summed E-state index contributed by atoms with van der Waals surface area (Å²) in [6.07, 6.45) is 1.51. The number of benzene rings is 1. The van der Waals surface area contributed by atoms with Gasteiger partial charge in [-0.15, -0.1) is 0 Å². The summed E-state index contributed by atoms with van der Waals surface area (Å²) >= 11 is 0. The largest absolute Gasteiger partial charge is 0.497 e. The molecule has 146 valence electrons. The average Bonchev–Trinajstić information content (AvgIpc) is 3.21. The first-order chi connectivity index (χ1) is 13.1. The van der Waals surface area contributed by atoms with Crippen molar-refractivity contribution in [2.45, 2.75) is 19.5 Å². The Morgan fingerprint density at radius 3 is 2.67 bits per heavy atom. The molecule has 2 aromatic rings. The van der Waals surface area contributed by atoms with Crippen molar-refractivity contribution in [2.75, 3.05) is 40.4 Å². The predicted molar refractivity (Wildman–Crippen MR) is 99.7 cm³/mol. The van der Waals surface area contributed by atoms with Crippen molar-refractivity contribution in [2.24, 2.45) is 0 Å². The van der Waals surface area contributed by atoms with Gasteiger partial charge in [-0.25, -0.2) is 9.78 Å². The van der Waals surface area contributed by atoms with Crippen molar-refractivity contribution in [3.63, 3.8) is 0 Å². The summed E-state index contributed by atoms with van der Waals surface area (Å²) < 4.78 is 10.7. The molecule has 1 fully saturated rings. The van der Waals surface area contributed by atoms with E-state index in [2.05, 4.69) is 25.4 Å². The van der Waals surface area contributed by atoms with Crippen LogP contribution in [0.25, 0.3) is 0 Å². The van der Waals surface area contributed by atoms with Crippen molar-refractivity contribution in [3.8, 4) is 11.5 Å². The van der Waals surface area contributed by atoms with Crippen molar-refractivity contribution in [1.82, 2.24) is 30.3 Å². The summed E-state index contributed by atoms with van der Waals surface area (Å²) in [7, 11) is 3.24. The van der Waals surface area contributed by atoms with E-state index >= 15 is 0 Å². The number of carbonyl (C=O) groups is 1. The lowest BCUT2D eigenvalue weighted by Crippen LogP contribution is -2.51. The number of rotatable bonds is 6. The van der Waals surface area contributed by atoms with Crippen LogP contribution < -0.4 is 14.8 Å². The number of nitrogens with one attached hydrogen (secondary N) is 2. The Morgan fingerprint density at radius 2 is 2.04 bits per heavy atom. The SMILES string of the molecule is COc1ccc(OC)c(C(C)NC(=O)N2CCN(Cc3ncn[nH]3)CC2)c1. The molecule has 27 heavy (non-hydrogen) atoms. The first kappa shape index (κ1) is 19.0.